The largest absolute Gasteiger partial charge is 0.386 e. The minimum absolute atomic E-state index is 0.0107. The highest BCUT2D eigenvalue weighted by atomic mass is 16.3. The number of nitrogens with zero attached hydrogens (tertiary/aromatic N) is 1. The molecule has 4 N–H and O–H groups in total. The molecule has 1 atom stereocenters. The summed E-state index contributed by atoms with van der Waals surface area (Å²) in [6, 6.07) is 5.70. The van der Waals surface area contributed by atoms with Crippen LogP contribution in [0.4, 0.5) is 5.82 Å². The van der Waals surface area contributed by atoms with Gasteiger partial charge in [0, 0.05) is 28.6 Å². The lowest BCUT2D eigenvalue weighted by molar-refractivity contribution is 0.0784. The number of hydrogen-bond acceptors (Lipinski definition) is 5. The van der Waals surface area contributed by atoms with E-state index in [1.54, 1.807) is 27.7 Å². The van der Waals surface area contributed by atoms with E-state index in [4.69, 9.17) is 4.98 Å². The third kappa shape index (κ3) is 4.07. The van der Waals surface area contributed by atoms with Gasteiger partial charge in [-0.2, -0.15) is 0 Å². The molecule has 1 aromatic carbocycles. The van der Waals surface area contributed by atoms with Crippen LogP contribution in [-0.2, 0) is 11.2 Å². The molecule has 3 rings (SSSR count). The van der Waals surface area contributed by atoms with E-state index in [2.05, 4.69) is 38.0 Å². The van der Waals surface area contributed by atoms with E-state index in [0.717, 1.165) is 5.39 Å². The Balaban J connectivity index is 2.47. The minimum atomic E-state index is -1.19. The quantitative estimate of drug-likeness (QED) is 0.478. The number of anilines is 1. The van der Waals surface area contributed by atoms with E-state index in [9.17, 15) is 15.0 Å². The summed E-state index contributed by atoms with van der Waals surface area (Å²) in [5.74, 6) is 0.651. The first-order chi connectivity index (χ1) is 13.6. The lowest BCUT2D eigenvalue weighted by atomic mass is 9.87. The molecular weight excluding hydrogens is 378 g/mol. The summed E-state index contributed by atoms with van der Waals surface area (Å²) in [5.41, 5.74) is -0.845. The molecule has 0 radical (unpaired) electrons. The number of aliphatic hydroxyl groups is 2. The minimum Gasteiger partial charge on any atom is -0.386 e. The molecule has 162 valence electrons. The zero-order chi connectivity index (χ0) is 22.6. The van der Waals surface area contributed by atoms with E-state index in [1.165, 1.54) is 6.20 Å². The maximum atomic E-state index is 12.9. The number of hydrogen-bond donors (Lipinski definition) is 4. The predicted molar refractivity (Wildman–Crippen MR) is 123 cm³/mol. The van der Waals surface area contributed by atoms with Gasteiger partial charge in [0.2, 0.25) is 0 Å². The fourth-order valence-corrected chi connectivity index (χ4v) is 3.39. The Labute approximate surface area is 177 Å². The number of pyridine rings is 2. The fraction of sp³-hybridized carbons (Fsp3) is 0.500. The van der Waals surface area contributed by atoms with Crippen molar-refractivity contribution in [3.05, 3.63) is 45.9 Å². The van der Waals surface area contributed by atoms with Crippen LogP contribution < -0.4 is 10.9 Å². The first-order valence-corrected chi connectivity index (χ1v) is 10.3. The molecule has 2 heterocycles. The van der Waals surface area contributed by atoms with Gasteiger partial charge in [0.1, 0.15) is 5.82 Å². The van der Waals surface area contributed by atoms with Crippen LogP contribution >= 0.6 is 0 Å². The predicted octanol–water partition coefficient (Wildman–Crippen LogP) is 4.38. The second kappa shape index (κ2) is 7.06. The van der Waals surface area contributed by atoms with Crippen molar-refractivity contribution >= 4 is 27.5 Å². The van der Waals surface area contributed by atoms with E-state index in [-0.39, 0.29) is 17.0 Å². The second-order valence-corrected chi connectivity index (χ2v) is 10.3. The number of aromatic amines is 1. The number of aromatic nitrogens is 2. The molecule has 0 spiro atoms. The van der Waals surface area contributed by atoms with Crippen molar-refractivity contribution in [2.75, 3.05) is 5.32 Å². The fourth-order valence-electron chi connectivity index (χ4n) is 3.39. The number of rotatable bonds is 4. The SMILES string of the molecule is CC(Nc1nc2c(C(C)(C)O)c[nH]c(=O)c2c2cc(C(C)(C)O)ccc12)C(C)(C)C. The highest BCUT2D eigenvalue weighted by Gasteiger charge is 2.26. The van der Waals surface area contributed by atoms with Crippen molar-refractivity contribution in [2.45, 2.75) is 72.6 Å². The Hall–Kier alpha value is -2.44. The zero-order valence-electron chi connectivity index (χ0n) is 19.1. The highest BCUT2D eigenvalue weighted by molar-refractivity contribution is 6.10. The molecule has 1 unspecified atom stereocenters. The number of nitrogens with one attached hydrogen (secondary N) is 2. The Morgan fingerprint density at radius 3 is 2.17 bits per heavy atom. The van der Waals surface area contributed by atoms with Crippen LogP contribution in [0.2, 0.25) is 0 Å². The topological polar surface area (TPSA) is 98.2 Å². The van der Waals surface area contributed by atoms with Gasteiger partial charge in [-0.05, 0) is 51.7 Å². The Kier molecular flexibility index (Phi) is 5.24. The third-order valence-electron chi connectivity index (χ3n) is 5.85. The van der Waals surface area contributed by atoms with Crippen molar-refractivity contribution in [1.29, 1.82) is 0 Å². The number of H-pyrrole nitrogens is 1. The molecule has 0 saturated carbocycles. The van der Waals surface area contributed by atoms with Gasteiger partial charge in [-0.15, -0.1) is 0 Å². The molecule has 0 fully saturated rings. The molecule has 0 aliphatic heterocycles. The lowest BCUT2D eigenvalue weighted by Gasteiger charge is -2.29. The van der Waals surface area contributed by atoms with Crippen molar-refractivity contribution < 1.29 is 10.2 Å². The van der Waals surface area contributed by atoms with Crippen LogP contribution in [0.25, 0.3) is 21.7 Å². The first-order valence-electron chi connectivity index (χ1n) is 10.3. The standard InChI is InChI=1S/C24H33N3O3/c1-13(22(2,3)4)26-20-15-10-9-14(23(5,6)29)11-16(15)18-19(27-20)17(24(7,8)30)12-25-21(18)28/h9-13,29-30H,1-8H3,(H,25,28)(H,26,27). The van der Waals surface area contributed by atoms with Gasteiger partial charge in [-0.1, -0.05) is 32.9 Å². The maximum Gasteiger partial charge on any atom is 0.258 e. The van der Waals surface area contributed by atoms with Crippen molar-refractivity contribution in [3.8, 4) is 0 Å². The highest BCUT2D eigenvalue weighted by Crippen LogP contribution is 2.36. The molecule has 3 aromatic rings. The first kappa shape index (κ1) is 22.2. The van der Waals surface area contributed by atoms with E-state index in [0.29, 0.717) is 33.2 Å². The number of fused-ring (bicyclic) bond motifs is 3. The normalized spacial score (nSPS) is 14.3. The Morgan fingerprint density at radius 2 is 1.63 bits per heavy atom. The Bertz CT molecular complexity index is 1160. The summed E-state index contributed by atoms with van der Waals surface area (Å²) < 4.78 is 0. The van der Waals surface area contributed by atoms with E-state index >= 15 is 0 Å². The summed E-state index contributed by atoms with van der Waals surface area (Å²) in [4.78, 5) is 20.4. The maximum absolute atomic E-state index is 12.9. The molecule has 0 aliphatic rings. The smallest absolute Gasteiger partial charge is 0.258 e. The van der Waals surface area contributed by atoms with Gasteiger partial charge in [-0.25, -0.2) is 4.98 Å². The molecule has 0 bridgehead atoms. The summed E-state index contributed by atoms with van der Waals surface area (Å²) in [5, 5.41) is 26.7. The van der Waals surface area contributed by atoms with Gasteiger partial charge in [-0.3, -0.25) is 4.79 Å². The van der Waals surface area contributed by atoms with E-state index < -0.39 is 11.2 Å². The second-order valence-electron chi connectivity index (χ2n) is 10.3. The summed E-state index contributed by atoms with van der Waals surface area (Å²) in [6.45, 7) is 15.3. The molecule has 2 aromatic heterocycles. The summed E-state index contributed by atoms with van der Waals surface area (Å²) in [7, 11) is 0. The monoisotopic (exact) mass is 411 g/mol. The molecule has 0 aliphatic carbocycles. The van der Waals surface area contributed by atoms with Gasteiger partial charge < -0.3 is 20.5 Å². The van der Waals surface area contributed by atoms with Crippen molar-refractivity contribution in [1.82, 2.24) is 9.97 Å². The van der Waals surface area contributed by atoms with Crippen LogP contribution in [-0.4, -0.2) is 26.2 Å². The van der Waals surface area contributed by atoms with Gasteiger partial charge >= 0.3 is 0 Å². The van der Waals surface area contributed by atoms with Crippen LogP contribution in [0.3, 0.4) is 0 Å². The van der Waals surface area contributed by atoms with Crippen LogP contribution in [0.1, 0.15) is 66.5 Å². The van der Waals surface area contributed by atoms with Crippen molar-refractivity contribution in [3.63, 3.8) is 0 Å². The average molecular weight is 412 g/mol. The average Bonchev–Trinajstić information content (AvgIpc) is 2.58. The van der Waals surface area contributed by atoms with Crippen LogP contribution in [0.5, 0.6) is 0 Å². The van der Waals surface area contributed by atoms with Gasteiger partial charge in [0.25, 0.3) is 5.56 Å². The lowest BCUT2D eigenvalue weighted by Crippen LogP contribution is -2.31. The number of benzene rings is 1. The third-order valence-corrected chi connectivity index (χ3v) is 5.85. The summed E-state index contributed by atoms with van der Waals surface area (Å²) in [6.07, 6.45) is 1.53. The molecule has 30 heavy (non-hydrogen) atoms. The zero-order valence-corrected chi connectivity index (χ0v) is 19.1. The van der Waals surface area contributed by atoms with Crippen molar-refractivity contribution in [2.24, 2.45) is 5.41 Å². The molecule has 0 saturated heterocycles. The molecular formula is C24H33N3O3. The molecule has 6 heteroatoms. The van der Waals surface area contributed by atoms with Gasteiger partial charge in [0.15, 0.2) is 0 Å². The van der Waals surface area contributed by atoms with Gasteiger partial charge in [0.05, 0.1) is 22.1 Å². The van der Waals surface area contributed by atoms with Crippen LogP contribution in [0, 0.1) is 5.41 Å². The Morgan fingerprint density at radius 1 is 1.00 bits per heavy atom. The van der Waals surface area contributed by atoms with Crippen LogP contribution in [0.15, 0.2) is 29.2 Å². The molecule has 6 nitrogen and oxygen atoms in total. The summed E-state index contributed by atoms with van der Waals surface area (Å²) >= 11 is 0. The molecule has 0 amide bonds. The van der Waals surface area contributed by atoms with E-state index in [1.807, 2.05) is 18.2 Å².